The van der Waals surface area contributed by atoms with Gasteiger partial charge in [-0.2, -0.15) is 0 Å². The van der Waals surface area contributed by atoms with Crippen molar-refractivity contribution in [3.05, 3.63) is 29.8 Å². The summed E-state index contributed by atoms with van der Waals surface area (Å²) >= 11 is 0. The third kappa shape index (κ3) is 3.08. The summed E-state index contributed by atoms with van der Waals surface area (Å²) in [6, 6.07) is 8.09. The van der Waals surface area contributed by atoms with Crippen LogP contribution >= 0.6 is 0 Å². The number of hydrogen-bond acceptors (Lipinski definition) is 2. The maximum Gasteiger partial charge on any atom is 0.227 e. The van der Waals surface area contributed by atoms with Gasteiger partial charge < -0.3 is 5.32 Å². The molecule has 0 unspecified atom stereocenters. The fraction of sp³-hybridized carbons (Fsp3) is 0.579. The molecule has 2 aliphatic carbocycles. The molecule has 3 heteroatoms. The van der Waals surface area contributed by atoms with Crippen molar-refractivity contribution in [2.75, 3.05) is 5.32 Å². The van der Waals surface area contributed by atoms with Crippen LogP contribution in [0.15, 0.2) is 24.3 Å². The maximum atomic E-state index is 12.5. The summed E-state index contributed by atoms with van der Waals surface area (Å²) in [6.07, 6.45) is 4.58. The minimum absolute atomic E-state index is 0.00206. The van der Waals surface area contributed by atoms with Gasteiger partial charge in [-0.3, -0.25) is 9.59 Å². The molecule has 1 amide bonds. The van der Waals surface area contributed by atoms with Crippen molar-refractivity contribution in [3.63, 3.8) is 0 Å². The Hall–Kier alpha value is -1.64. The molecule has 3 rings (SSSR count). The summed E-state index contributed by atoms with van der Waals surface area (Å²) in [5, 5.41) is 3.03. The molecular formula is C19H25NO2. The fourth-order valence-corrected chi connectivity index (χ4v) is 3.89. The van der Waals surface area contributed by atoms with Crippen LogP contribution in [0.3, 0.4) is 0 Å². The molecule has 0 saturated heterocycles. The van der Waals surface area contributed by atoms with E-state index >= 15 is 0 Å². The van der Waals surface area contributed by atoms with E-state index in [0.29, 0.717) is 11.7 Å². The Morgan fingerprint density at radius 1 is 1.09 bits per heavy atom. The number of fused-ring (bicyclic) bond motifs is 2. The number of rotatable bonds is 3. The average molecular weight is 299 g/mol. The highest BCUT2D eigenvalue weighted by Gasteiger charge is 2.41. The van der Waals surface area contributed by atoms with Gasteiger partial charge in [0.2, 0.25) is 5.91 Å². The summed E-state index contributed by atoms with van der Waals surface area (Å²) in [4.78, 5) is 24.6. The zero-order valence-electron chi connectivity index (χ0n) is 13.5. The van der Waals surface area contributed by atoms with Crippen LogP contribution in [0.5, 0.6) is 0 Å². The fourth-order valence-electron chi connectivity index (χ4n) is 3.89. The van der Waals surface area contributed by atoms with Gasteiger partial charge in [-0.25, -0.2) is 0 Å². The molecule has 3 nitrogen and oxygen atoms in total. The number of benzene rings is 1. The maximum absolute atomic E-state index is 12.5. The molecule has 2 atom stereocenters. The van der Waals surface area contributed by atoms with Crippen molar-refractivity contribution in [3.8, 4) is 0 Å². The second kappa shape index (κ2) is 6.23. The van der Waals surface area contributed by atoms with E-state index in [4.69, 9.17) is 0 Å². The first-order valence-electron chi connectivity index (χ1n) is 8.49. The van der Waals surface area contributed by atoms with E-state index in [1.165, 1.54) is 5.56 Å². The van der Waals surface area contributed by atoms with Gasteiger partial charge in [-0.1, -0.05) is 32.4 Å². The van der Waals surface area contributed by atoms with Gasteiger partial charge in [0.15, 0.2) is 0 Å². The molecule has 0 heterocycles. The quantitative estimate of drug-likeness (QED) is 0.911. The van der Waals surface area contributed by atoms with Gasteiger partial charge >= 0.3 is 0 Å². The second-order valence-electron chi connectivity index (χ2n) is 7.16. The standard InChI is InChI=1S/C19H25NO2/c1-12(2)13-6-8-17(9-7-13)20-19(22)16-10-14-4-3-5-15(11-16)18(14)21/h6-9,12,14-16H,3-5,10-11H2,1-2H3,(H,20,22)/t14-,15-/m0/s1. The summed E-state index contributed by atoms with van der Waals surface area (Å²) < 4.78 is 0. The minimum Gasteiger partial charge on any atom is -0.326 e. The molecule has 0 aromatic heterocycles. The largest absolute Gasteiger partial charge is 0.326 e. The first-order chi connectivity index (χ1) is 10.5. The predicted molar refractivity (Wildman–Crippen MR) is 87.7 cm³/mol. The molecule has 1 aromatic rings. The number of nitrogens with one attached hydrogen (secondary N) is 1. The van der Waals surface area contributed by atoms with Gasteiger partial charge in [0.1, 0.15) is 5.78 Å². The van der Waals surface area contributed by atoms with E-state index < -0.39 is 0 Å². The predicted octanol–water partition coefficient (Wildman–Crippen LogP) is 4.14. The van der Waals surface area contributed by atoms with E-state index in [1.54, 1.807) is 0 Å². The SMILES string of the molecule is CC(C)c1ccc(NC(=O)C2C[C@@H]3CCC[C@@H](C2)C3=O)cc1. The number of amides is 1. The van der Waals surface area contributed by atoms with Crippen LogP contribution < -0.4 is 5.32 Å². The number of Topliss-reactive ketones (excluding diaryl/α,β-unsaturated/α-hetero) is 1. The van der Waals surface area contributed by atoms with Crippen LogP contribution in [-0.2, 0) is 9.59 Å². The normalized spacial score (nSPS) is 27.8. The van der Waals surface area contributed by atoms with Crippen LogP contribution in [-0.4, -0.2) is 11.7 Å². The Kier molecular flexibility index (Phi) is 4.32. The van der Waals surface area contributed by atoms with Crippen LogP contribution in [0.1, 0.15) is 57.4 Å². The Morgan fingerprint density at radius 3 is 2.23 bits per heavy atom. The molecule has 2 fully saturated rings. The lowest BCUT2D eigenvalue weighted by atomic mass is 9.67. The van der Waals surface area contributed by atoms with E-state index in [1.807, 2.05) is 12.1 Å². The zero-order valence-corrected chi connectivity index (χ0v) is 13.5. The highest BCUT2D eigenvalue weighted by Crippen LogP contribution is 2.40. The third-order valence-corrected chi connectivity index (χ3v) is 5.26. The van der Waals surface area contributed by atoms with Crippen molar-refractivity contribution in [2.24, 2.45) is 17.8 Å². The lowest BCUT2D eigenvalue weighted by molar-refractivity contribution is -0.136. The number of anilines is 1. The average Bonchev–Trinajstić information content (AvgIpc) is 2.47. The van der Waals surface area contributed by atoms with Crippen LogP contribution in [0.2, 0.25) is 0 Å². The Bertz CT molecular complexity index is 545. The topological polar surface area (TPSA) is 46.2 Å². The van der Waals surface area contributed by atoms with Crippen molar-refractivity contribution < 1.29 is 9.59 Å². The Labute approximate surface area is 132 Å². The summed E-state index contributed by atoms with van der Waals surface area (Å²) in [6.45, 7) is 4.32. The third-order valence-electron chi connectivity index (χ3n) is 5.26. The molecule has 2 aliphatic rings. The lowest BCUT2D eigenvalue weighted by Gasteiger charge is -2.36. The molecule has 1 aromatic carbocycles. The Morgan fingerprint density at radius 2 is 1.68 bits per heavy atom. The zero-order chi connectivity index (χ0) is 15.7. The highest BCUT2D eigenvalue weighted by molar-refractivity contribution is 5.95. The molecule has 2 bridgehead atoms. The van der Waals surface area contributed by atoms with Crippen molar-refractivity contribution >= 4 is 17.4 Å². The summed E-state index contributed by atoms with van der Waals surface area (Å²) in [5.41, 5.74) is 2.13. The second-order valence-corrected chi connectivity index (χ2v) is 7.16. The molecule has 1 N–H and O–H groups in total. The van der Waals surface area contributed by atoms with E-state index in [2.05, 4.69) is 31.3 Å². The molecular weight excluding hydrogens is 274 g/mol. The van der Waals surface area contributed by atoms with Gasteiger partial charge in [-0.05, 0) is 49.3 Å². The van der Waals surface area contributed by atoms with Crippen LogP contribution in [0.25, 0.3) is 0 Å². The van der Waals surface area contributed by atoms with Crippen LogP contribution in [0.4, 0.5) is 5.69 Å². The van der Waals surface area contributed by atoms with Gasteiger partial charge in [-0.15, -0.1) is 0 Å². The number of ketones is 1. The summed E-state index contributed by atoms with van der Waals surface area (Å²) in [7, 11) is 0. The molecule has 118 valence electrons. The van der Waals surface area contributed by atoms with Crippen molar-refractivity contribution in [1.29, 1.82) is 0 Å². The minimum atomic E-state index is -0.00206. The molecule has 2 saturated carbocycles. The van der Waals surface area contributed by atoms with Gasteiger partial charge in [0.05, 0.1) is 0 Å². The Balaban J connectivity index is 1.63. The number of carbonyl (C=O) groups excluding carboxylic acids is 2. The van der Waals surface area contributed by atoms with E-state index in [9.17, 15) is 9.59 Å². The molecule has 0 radical (unpaired) electrons. The molecule has 22 heavy (non-hydrogen) atoms. The van der Waals surface area contributed by atoms with E-state index in [0.717, 1.165) is 37.8 Å². The van der Waals surface area contributed by atoms with Crippen LogP contribution in [0, 0.1) is 17.8 Å². The van der Waals surface area contributed by atoms with Crippen molar-refractivity contribution in [1.82, 2.24) is 0 Å². The summed E-state index contributed by atoms with van der Waals surface area (Å²) in [5.74, 6) is 1.25. The number of hydrogen-bond donors (Lipinski definition) is 1. The monoisotopic (exact) mass is 299 g/mol. The highest BCUT2D eigenvalue weighted by atomic mass is 16.2. The number of carbonyl (C=O) groups is 2. The molecule has 0 spiro atoms. The van der Waals surface area contributed by atoms with Gasteiger partial charge in [0, 0.05) is 23.4 Å². The van der Waals surface area contributed by atoms with Crippen molar-refractivity contribution in [2.45, 2.75) is 51.9 Å². The lowest BCUT2D eigenvalue weighted by Crippen LogP contribution is -2.40. The molecule has 0 aliphatic heterocycles. The first-order valence-corrected chi connectivity index (χ1v) is 8.49. The van der Waals surface area contributed by atoms with Gasteiger partial charge in [0.25, 0.3) is 0 Å². The van der Waals surface area contributed by atoms with E-state index in [-0.39, 0.29) is 23.7 Å². The first kappa shape index (κ1) is 15.3. The smallest absolute Gasteiger partial charge is 0.227 e.